The van der Waals surface area contributed by atoms with Gasteiger partial charge in [-0.25, -0.2) is 9.48 Å². The smallest absolute Gasteiger partial charge is 0.423 e. The van der Waals surface area contributed by atoms with Crippen molar-refractivity contribution in [1.82, 2.24) is 15.0 Å². The van der Waals surface area contributed by atoms with Crippen LogP contribution < -0.4 is 10.4 Å². The van der Waals surface area contributed by atoms with Crippen molar-refractivity contribution in [2.45, 2.75) is 31.7 Å². The van der Waals surface area contributed by atoms with E-state index in [0.717, 1.165) is 11.8 Å². The van der Waals surface area contributed by atoms with Crippen LogP contribution in [0.3, 0.4) is 0 Å². The average Bonchev–Trinajstić information content (AvgIpc) is 3.25. The molecule has 0 fully saturated rings. The molecule has 4 aromatic rings. The lowest BCUT2D eigenvalue weighted by atomic mass is 9.96. The molecule has 0 spiro atoms. The minimum atomic E-state index is -4.88. The van der Waals surface area contributed by atoms with Crippen LogP contribution in [0.1, 0.15) is 24.6 Å². The number of aromatic nitrogens is 3. The number of aliphatic hydroxyl groups is 1. The molecule has 2 aromatic heterocycles. The highest BCUT2D eigenvalue weighted by molar-refractivity contribution is 5.93. The van der Waals surface area contributed by atoms with Gasteiger partial charge in [-0.1, -0.05) is 36.4 Å². The first-order chi connectivity index (χ1) is 15.6. The molecule has 2 heterocycles. The zero-order valence-corrected chi connectivity index (χ0v) is 17.8. The van der Waals surface area contributed by atoms with Gasteiger partial charge in [0.05, 0.1) is 19.9 Å². The fourth-order valence-corrected chi connectivity index (χ4v) is 3.61. The van der Waals surface area contributed by atoms with E-state index in [1.54, 1.807) is 37.4 Å². The van der Waals surface area contributed by atoms with E-state index in [9.17, 15) is 23.1 Å². The highest BCUT2D eigenvalue weighted by Gasteiger charge is 2.55. The van der Waals surface area contributed by atoms with Crippen molar-refractivity contribution < 1.29 is 27.4 Å². The number of ether oxygens (including phenoxy) is 1. The van der Waals surface area contributed by atoms with Gasteiger partial charge in [-0.2, -0.15) is 13.2 Å². The van der Waals surface area contributed by atoms with Crippen molar-refractivity contribution in [3.8, 4) is 16.9 Å². The molecule has 1 unspecified atom stereocenters. The van der Waals surface area contributed by atoms with Crippen molar-refractivity contribution in [1.29, 1.82) is 0 Å². The summed E-state index contributed by atoms with van der Waals surface area (Å²) in [7, 11) is 1.55. The normalized spacial score (nSPS) is 13.8. The van der Waals surface area contributed by atoms with Crippen LogP contribution in [-0.2, 0) is 12.1 Å². The third-order valence-electron chi connectivity index (χ3n) is 5.48. The molecule has 0 aliphatic rings. The number of methoxy groups -OCH3 is 1. The number of fused-ring (bicyclic) bond motifs is 1. The maximum atomic E-state index is 13.3. The number of halogens is 3. The summed E-state index contributed by atoms with van der Waals surface area (Å²) in [5.41, 5.74) is -1.83. The van der Waals surface area contributed by atoms with Crippen LogP contribution >= 0.6 is 0 Å². The maximum Gasteiger partial charge on any atom is 0.423 e. The Balaban J connectivity index is 1.69. The number of hydrogen-bond acceptors (Lipinski definition) is 6. The van der Waals surface area contributed by atoms with E-state index in [-0.39, 0.29) is 6.54 Å². The fourth-order valence-electron chi connectivity index (χ4n) is 3.61. The van der Waals surface area contributed by atoms with Crippen molar-refractivity contribution in [2.24, 2.45) is 0 Å². The molecule has 1 N–H and O–H groups in total. The Labute approximate surface area is 186 Å². The number of nitrogens with zero attached hydrogens (tertiary/aromatic N) is 3. The molecular weight excluding hydrogens is 439 g/mol. The summed E-state index contributed by atoms with van der Waals surface area (Å²) in [6, 6.07) is 13.8. The van der Waals surface area contributed by atoms with E-state index in [1.807, 2.05) is 12.1 Å². The fraction of sp³-hybridized carbons (Fsp3) is 0.261. The van der Waals surface area contributed by atoms with Crippen LogP contribution in [0.5, 0.6) is 5.75 Å². The molecule has 7 nitrogen and oxygen atoms in total. The van der Waals surface area contributed by atoms with Crippen molar-refractivity contribution in [3.05, 3.63) is 76.4 Å². The lowest BCUT2D eigenvalue weighted by Gasteiger charge is -2.26. The van der Waals surface area contributed by atoms with Crippen LogP contribution in [0.15, 0.2) is 63.9 Å². The lowest BCUT2D eigenvalue weighted by Crippen LogP contribution is -2.42. The predicted molar refractivity (Wildman–Crippen MR) is 114 cm³/mol. The van der Waals surface area contributed by atoms with Crippen molar-refractivity contribution >= 4 is 11.0 Å². The number of hydrogen-bond donors (Lipinski definition) is 1. The van der Waals surface area contributed by atoms with Gasteiger partial charge in [-0.15, -0.1) is 5.10 Å². The largest absolute Gasteiger partial charge is 0.497 e. The standard InChI is InChI=1S/C23H20F3N3O4/c1-3-22(31,23(24,25)26)20-13-29(28-27-20)12-14-7-8-17-18(11-21(30)33-19(17)9-14)15-5-4-6-16(10-15)32-2/h4-11,13,31H,3,12H2,1-2H3. The third kappa shape index (κ3) is 4.21. The van der Waals surface area contributed by atoms with Gasteiger partial charge in [-0.05, 0) is 41.3 Å². The Kier molecular flexibility index (Phi) is 5.71. The monoisotopic (exact) mass is 459 g/mol. The molecule has 0 saturated heterocycles. The molecular formula is C23H20F3N3O4. The first kappa shape index (κ1) is 22.5. The molecule has 0 bridgehead atoms. The van der Waals surface area contributed by atoms with Crippen LogP contribution in [-0.4, -0.2) is 33.4 Å². The number of rotatable bonds is 6. The van der Waals surface area contributed by atoms with Gasteiger partial charge >= 0.3 is 11.8 Å². The molecule has 172 valence electrons. The van der Waals surface area contributed by atoms with Gasteiger partial charge in [0.25, 0.3) is 0 Å². The summed E-state index contributed by atoms with van der Waals surface area (Å²) in [6.45, 7) is 1.28. The highest BCUT2D eigenvalue weighted by Crippen LogP contribution is 2.40. The quantitative estimate of drug-likeness (QED) is 0.433. The predicted octanol–water partition coefficient (Wildman–Crippen LogP) is 4.27. The molecule has 0 saturated carbocycles. The molecule has 33 heavy (non-hydrogen) atoms. The van der Waals surface area contributed by atoms with Crippen molar-refractivity contribution in [2.75, 3.05) is 7.11 Å². The van der Waals surface area contributed by atoms with Gasteiger partial charge in [-0.3, -0.25) is 0 Å². The second kappa shape index (κ2) is 8.36. The minimum absolute atomic E-state index is 0.0632. The van der Waals surface area contributed by atoms with Crippen LogP contribution in [0.2, 0.25) is 0 Å². The molecule has 0 aliphatic heterocycles. The molecule has 0 aliphatic carbocycles. The summed E-state index contributed by atoms with van der Waals surface area (Å²) in [5, 5.41) is 18.0. The Hall–Kier alpha value is -3.66. The zero-order chi connectivity index (χ0) is 23.8. The molecule has 2 aromatic carbocycles. The van der Waals surface area contributed by atoms with Crippen molar-refractivity contribution in [3.63, 3.8) is 0 Å². The topological polar surface area (TPSA) is 90.4 Å². The second-order valence-corrected chi connectivity index (χ2v) is 7.55. The Morgan fingerprint density at radius 3 is 2.64 bits per heavy atom. The summed E-state index contributed by atoms with van der Waals surface area (Å²) < 4.78 is 51.7. The van der Waals surface area contributed by atoms with Crippen LogP contribution in [0.25, 0.3) is 22.1 Å². The van der Waals surface area contributed by atoms with Crippen LogP contribution in [0, 0.1) is 0 Å². The summed E-state index contributed by atoms with van der Waals surface area (Å²) >= 11 is 0. The lowest BCUT2D eigenvalue weighted by molar-refractivity contribution is -0.269. The zero-order valence-electron chi connectivity index (χ0n) is 17.8. The highest BCUT2D eigenvalue weighted by atomic mass is 19.4. The molecule has 0 amide bonds. The van der Waals surface area contributed by atoms with Crippen LogP contribution in [0.4, 0.5) is 13.2 Å². The molecule has 10 heteroatoms. The van der Waals surface area contributed by atoms with E-state index < -0.39 is 29.5 Å². The van der Waals surface area contributed by atoms with Gasteiger partial charge in [0, 0.05) is 11.5 Å². The Morgan fingerprint density at radius 2 is 1.94 bits per heavy atom. The third-order valence-corrected chi connectivity index (χ3v) is 5.48. The van der Waals surface area contributed by atoms with E-state index >= 15 is 0 Å². The molecule has 1 atom stereocenters. The first-order valence-corrected chi connectivity index (χ1v) is 10.1. The SMILES string of the molecule is CCC(O)(c1cn(Cc2ccc3c(-c4cccc(OC)c4)cc(=O)oc3c2)nn1)C(F)(F)F. The first-order valence-electron chi connectivity index (χ1n) is 10.1. The number of alkyl halides is 3. The van der Waals surface area contributed by atoms with E-state index in [0.29, 0.717) is 27.8 Å². The van der Waals surface area contributed by atoms with Gasteiger partial charge in [0.2, 0.25) is 5.60 Å². The van der Waals surface area contributed by atoms with E-state index in [4.69, 9.17) is 9.15 Å². The van der Waals surface area contributed by atoms with E-state index in [2.05, 4.69) is 10.3 Å². The summed E-state index contributed by atoms with van der Waals surface area (Å²) in [4.78, 5) is 12.2. The maximum absolute atomic E-state index is 13.3. The van der Waals surface area contributed by atoms with Gasteiger partial charge in [0.1, 0.15) is 17.0 Å². The second-order valence-electron chi connectivity index (χ2n) is 7.55. The minimum Gasteiger partial charge on any atom is -0.497 e. The Morgan fingerprint density at radius 1 is 1.15 bits per heavy atom. The molecule has 4 rings (SSSR count). The van der Waals surface area contributed by atoms with Gasteiger partial charge < -0.3 is 14.3 Å². The summed E-state index contributed by atoms with van der Waals surface area (Å²) in [6.07, 6.45) is -4.42. The Bertz CT molecular complexity index is 1360. The number of benzene rings is 2. The molecule has 0 radical (unpaired) electrons. The average molecular weight is 459 g/mol. The summed E-state index contributed by atoms with van der Waals surface area (Å²) in [5.74, 6) is 0.637. The van der Waals surface area contributed by atoms with Gasteiger partial charge in [0.15, 0.2) is 0 Å². The van der Waals surface area contributed by atoms with E-state index in [1.165, 1.54) is 17.7 Å².